The van der Waals surface area contributed by atoms with E-state index in [4.69, 9.17) is 9.47 Å². The number of esters is 1. The lowest BCUT2D eigenvalue weighted by molar-refractivity contribution is -0.148. The van der Waals surface area contributed by atoms with Gasteiger partial charge in [-0.25, -0.2) is 9.18 Å². The van der Waals surface area contributed by atoms with Crippen LogP contribution in [0.5, 0.6) is 11.6 Å². The van der Waals surface area contributed by atoms with Crippen molar-refractivity contribution in [3.05, 3.63) is 41.3 Å². The summed E-state index contributed by atoms with van der Waals surface area (Å²) in [7, 11) is 1.75. The molecule has 0 atom stereocenters. The van der Waals surface area contributed by atoms with Crippen LogP contribution in [-0.4, -0.2) is 27.1 Å². The highest BCUT2D eigenvalue weighted by Crippen LogP contribution is 2.24. The standard InChI is InChI=1S/C17H19FN2O4/c1-10-8-14(19-20(10)5)23-11-6-7-13(18)12(9-11)15(21)16(22)24-17(2,3)4/h6-9H,1-5H3. The summed E-state index contributed by atoms with van der Waals surface area (Å²) in [6, 6.07) is 5.26. The van der Waals surface area contributed by atoms with E-state index in [1.165, 1.54) is 6.07 Å². The van der Waals surface area contributed by atoms with Crippen LogP contribution in [0.4, 0.5) is 4.39 Å². The van der Waals surface area contributed by atoms with Crippen molar-refractivity contribution in [2.45, 2.75) is 33.3 Å². The number of ketones is 1. The Bertz CT molecular complexity index is 771. The molecule has 128 valence electrons. The fraction of sp³-hybridized carbons (Fsp3) is 0.353. The maximum atomic E-state index is 13.9. The molecule has 0 bridgehead atoms. The number of aryl methyl sites for hydroxylation is 2. The van der Waals surface area contributed by atoms with Crippen molar-refractivity contribution in [2.24, 2.45) is 7.05 Å². The Morgan fingerprint density at radius 1 is 1.21 bits per heavy atom. The number of Topliss-reactive ketones (excluding diaryl/α,β-unsaturated/α-hetero) is 1. The van der Waals surface area contributed by atoms with E-state index >= 15 is 0 Å². The van der Waals surface area contributed by atoms with Crippen LogP contribution in [0, 0.1) is 12.7 Å². The van der Waals surface area contributed by atoms with Crippen molar-refractivity contribution < 1.29 is 23.5 Å². The number of rotatable bonds is 4. The third-order valence-electron chi connectivity index (χ3n) is 3.08. The Morgan fingerprint density at radius 3 is 2.42 bits per heavy atom. The lowest BCUT2D eigenvalue weighted by Crippen LogP contribution is -2.29. The minimum atomic E-state index is -1.12. The molecular formula is C17H19FN2O4. The lowest BCUT2D eigenvalue weighted by atomic mass is 10.1. The molecule has 0 aliphatic heterocycles. The molecule has 0 aliphatic rings. The molecule has 1 aromatic carbocycles. The minimum absolute atomic E-state index is 0.196. The monoisotopic (exact) mass is 334 g/mol. The number of hydrogen-bond donors (Lipinski definition) is 0. The average Bonchev–Trinajstić information content (AvgIpc) is 2.76. The molecule has 0 fully saturated rings. The molecule has 0 unspecified atom stereocenters. The van der Waals surface area contributed by atoms with E-state index in [0.717, 1.165) is 17.8 Å². The van der Waals surface area contributed by atoms with Gasteiger partial charge in [0.25, 0.3) is 5.78 Å². The van der Waals surface area contributed by atoms with Gasteiger partial charge in [-0.1, -0.05) is 0 Å². The molecule has 0 radical (unpaired) electrons. The maximum Gasteiger partial charge on any atom is 0.380 e. The van der Waals surface area contributed by atoms with Gasteiger partial charge in [-0.2, -0.15) is 0 Å². The summed E-state index contributed by atoms with van der Waals surface area (Å²) in [5.41, 5.74) is -0.380. The van der Waals surface area contributed by atoms with E-state index < -0.39 is 28.7 Å². The Balaban J connectivity index is 2.25. The van der Waals surface area contributed by atoms with Gasteiger partial charge in [-0.05, 0) is 45.9 Å². The molecule has 0 saturated carbocycles. The molecule has 6 nitrogen and oxygen atoms in total. The fourth-order valence-corrected chi connectivity index (χ4v) is 1.87. The van der Waals surface area contributed by atoms with Crippen LogP contribution < -0.4 is 4.74 Å². The van der Waals surface area contributed by atoms with Crippen molar-refractivity contribution in [1.29, 1.82) is 0 Å². The number of carbonyl (C=O) groups is 2. The normalized spacial score (nSPS) is 11.2. The third-order valence-corrected chi connectivity index (χ3v) is 3.08. The molecule has 0 spiro atoms. The summed E-state index contributed by atoms with van der Waals surface area (Å²) in [5, 5.41) is 4.11. The van der Waals surface area contributed by atoms with E-state index in [0.29, 0.717) is 5.88 Å². The van der Waals surface area contributed by atoms with Gasteiger partial charge in [0.15, 0.2) is 0 Å². The Labute approximate surface area is 139 Å². The fourth-order valence-electron chi connectivity index (χ4n) is 1.87. The molecule has 0 aliphatic carbocycles. The maximum absolute atomic E-state index is 13.9. The SMILES string of the molecule is Cc1cc(Oc2ccc(F)c(C(=O)C(=O)OC(C)(C)C)c2)nn1C. The first-order valence-corrected chi connectivity index (χ1v) is 7.32. The molecule has 1 heterocycles. The summed E-state index contributed by atoms with van der Waals surface area (Å²) < 4.78 is 26.0. The molecule has 1 aromatic heterocycles. The zero-order chi connectivity index (χ0) is 18.1. The smallest absolute Gasteiger partial charge is 0.380 e. The summed E-state index contributed by atoms with van der Waals surface area (Å²) >= 11 is 0. The van der Waals surface area contributed by atoms with Gasteiger partial charge in [-0.3, -0.25) is 9.48 Å². The first-order chi connectivity index (χ1) is 11.1. The predicted molar refractivity (Wildman–Crippen MR) is 84.6 cm³/mol. The summed E-state index contributed by atoms with van der Waals surface area (Å²) in [6.07, 6.45) is 0. The van der Waals surface area contributed by atoms with E-state index in [1.807, 2.05) is 6.92 Å². The topological polar surface area (TPSA) is 70.4 Å². The van der Waals surface area contributed by atoms with Gasteiger partial charge >= 0.3 is 5.97 Å². The number of carbonyl (C=O) groups excluding carboxylic acids is 2. The predicted octanol–water partition coefficient (Wildman–Crippen LogP) is 3.18. The van der Waals surface area contributed by atoms with Crippen molar-refractivity contribution in [1.82, 2.24) is 9.78 Å². The molecular weight excluding hydrogens is 315 g/mol. The van der Waals surface area contributed by atoms with Gasteiger partial charge < -0.3 is 9.47 Å². The lowest BCUT2D eigenvalue weighted by Gasteiger charge is -2.18. The third kappa shape index (κ3) is 4.18. The molecule has 24 heavy (non-hydrogen) atoms. The molecule has 0 N–H and O–H groups in total. The van der Waals surface area contributed by atoms with Crippen LogP contribution in [0.3, 0.4) is 0 Å². The van der Waals surface area contributed by atoms with Crippen molar-refractivity contribution in [2.75, 3.05) is 0 Å². The van der Waals surface area contributed by atoms with Crippen LogP contribution >= 0.6 is 0 Å². The quantitative estimate of drug-likeness (QED) is 0.488. The van der Waals surface area contributed by atoms with Crippen LogP contribution in [0.25, 0.3) is 0 Å². The summed E-state index contributed by atoms with van der Waals surface area (Å²) in [6.45, 7) is 6.72. The second-order valence-corrected chi connectivity index (χ2v) is 6.32. The van der Waals surface area contributed by atoms with Gasteiger partial charge in [0.05, 0.1) is 5.56 Å². The number of hydrogen-bond acceptors (Lipinski definition) is 5. The second-order valence-electron chi connectivity index (χ2n) is 6.32. The molecule has 2 rings (SSSR count). The molecule has 0 saturated heterocycles. The van der Waals surface area contributed by atoms with Crippen molar-refractivity contribution in [3.8, 4) is 11.6 Å². The average molecular weight is 334 g/mol. The Morgan fingerprint density at radius 2 is 1.88 bits per heavy atom. The van der Waals surface area contributed by atoms with E-state index in [9.17, 15) is 14.0 Å². The van der Waals surface area contributed by atoms with Crippen molar-refractivity contribution in [3.63, 3.8) is 0 Å². The van der Waals surface area contributed by atoms with E-state index in [1.54, 1.807) is 38.6 Å². The summed E-state index contributed by atoms with van der Waals surface area (Å²) in [4.78, 5) is 24.0. The van der Waals surface area contributed by atoms with Gasteiger partial charge in [-0.15, -0.1) is 5.10 Å². The van der Waals surface area contributed by atoms with Crippen LogP contribution in [-0.2, 0) is 16.6 Å². The Kier molecular flexibility index (Phi) is 4.73. The van der Waals surface area contributed by atoms with E-state index in [2.05, 4.69) is 5.10 Å². The van der Waals surface area contributed by atoms with Crippen LogP contribution in [0.1, 0.15) is 36.8 Å². The first-order valence-electron chi connectivity index (χ1n) is 7.32. The number of halogens is 1. The van der Waals surface area contributed by atoms with E-state index in [-0.39, 0.29) is 5.75 Å². The largest absolute Gasteiger partial charge is 0.454 e. The number of ether oxygens (including phenoxy) is 2. The highest BCUT2D eigenvalue weighted by atomic mass is 19.1. The van der Waals surface area contributed by atoms with Crippen LogP contribution in [0.2, 0.25) is 0 Å². The number of benzene rings is 1. The minimum Gasteiger partial charge on any atom is -0.454 e. The number of nitrogens with zero attached hydrogens (tertiary/aromatic N) is 2. The highest BCUT2D eigenvalue weighted by molar-refractivity contribution is 6.40. The summed E-state index contributed by atoms with van der Waals surface area (Å²) in [5.74, 6) is -2.51. The Hall–Kier alpha value is -2.70. The second kappa shape index (κ2) is 6.43. The van der Waals surface area contributed by atoms with Gasteiger partial charge in [0.1, 0.15) is 17.2 Å². The molecule has 0 amide bonds. The highest BCUT2D eigenvalue weighted by Gasteiger charge is 2.26. The molecule has 2 aromatic rings. The van der Waals surface area contributed by atoms with Gasteiger partial charge in [0.2, 0.25) is 5.88 Å². The zero-order valence-corrected chi connectivity index (χ0v) is 14.2. The van der Waals surface area contributed by atoms with Gasteiger partial charge in [0, 0.05) is 18.8 Å². The zero-order valence-electron chi connectivity index (χ0n) is 14.2. The number of aromatic nitrogens is 2. The van der Waals surface area contributed by atoms with Crippen molar-refractivity contribution >= 4 is 11.8 Å². The van der Waals surface area contributed by atoms with Crippen LogP contribution in [0.15, 0.2) is 24.3 Å². The first kappa shape index (κ1) is 17.7. The molecule has 7 heteroatoms.